The van der Waals surface area contributed by atoms with Gasteiger partial charge in [-0.15, -0.1) is 0 Å². The fourth-order valence-corrected chi connectivity index (χ4v) is 3.61. The summed E-state index contributed by atoms with van der Waals surface area (Å²) in [5.74, 6) is 1.94. The molecule has 146 valence electrons. The van der Waals surface area contributed by atoms with E-state index in [1.807, 2.05) is 19.2 Å². The molecule has 6 nitrogen and oxygen atoms in total. The maximum atomic E-state index is 5.51. The summed E-state index contributed by atoms with van der Waals surface area (Å²) in [7, 11) is 7.84. The fourth-order valence-electron chi connectivity index (χ4n) is 3.61. The Morgan fingerprint density at radius 2 is 1.85 bits per heavy atom. The third-order valence-corrected chi connectivity index (χ3v) is 4.69. The lowest BCUT2D eigenvalue weighted by Gasteiger charge is -2.39. The zero-order valence-electron chi connectivity index (χ0n) is 17.2. The molecule has 1 aliphatic rings. The maximum absolute atomic E-state index is 5.51. The Bertz CT molecular complexity index is 592. The second kappa shape index (κ2) is 9.12. The fraction of sp³-hybridized carbons (Fsp3) is 0.650. The summed E-state index contributed by atoms with van der Waals surface area (Å²) < 4.78 is 5.51. The Morgan fingerprint density at radius 3 is 2.42 bits per heavy atom. The van der Waals surface area contributed by atoms with Crippen molar-refractivity contribution >= 4 is 11.6 Å². The Labute approximate surface area is 158 Å². The highest BCUT2D eigenvalue weighted by atomic mass is 16.5. The van der Waals surface area contributed by atoms with Gasteiger partial charge < -0.3 is 24.8 Å². The SMILES string of the molecule is CN=C(NCC(C)(C)CN(C)C)N1CCN(c2ccccc2OC)CC1. The van der Waals surface area contributed by atoms with E-state index in [1.54, 1.807) is 7.11 Å². The van der Waals surface area contributed by atoms with E-state index in [1.165, 1.54) is 5.69 Å². The third-order valence-electron chi connectivity index (χ3n) is 4.69. The Morgan fingerprint density at radius 1 is 1.19 bits per heavy atom. The van der Waals surface area contributed by atoms with Crippen molar-refractivity contribution < 1.29 is 4.74 Å². The lowest BCUT2D eigenvalue weighted by Crippen LogP contribution is -2.54. The van der Waals surface area contributed by atoms with Gasteiger partial charge in [0.25, 0.3) is 0 Å². The molecule has 0 atom stereocenters. The second-order valence-corrected chi connectivity index (χ2v) is 7.95. The minimum atomic E-state index is 0.193. The standard InChI is InChI=1S/C20H35N5O/c1-20(2,16-23(4)5)15-22-19(21-3)25-13-11-24(12-14-25)17-9-7-8-10-18(17)26-6/h7-10H,11-16H2,1-6H3,(H,21,22). The average Bonchev–Trinajstić information content (AvgIpc) is 2.61. The molecule has 1 aromatic carbocycles. The minimum Gasteiger partial charge on any atom is -0.495 e. The van der Waals surface area contributed by atoms with Gasteiger partial charge >= 0.3 is 0 Å². The summed E-state index contributed by atoms with van der Waals surface area (Å²) in [6.45, 7) is 10.3. The number of ether oxygens (including phenoxy) is 1. The van der Waals surface area contributed by atoms with Crippen LogP contribution in [0.4, 0.5) is 5.69 Å². The summed E-state index contributed by atoms with van der Waals surface area (Å²) in [4.78, 5) is 11.5. The molecule has 2 rings (SSSR count). The number of nitrogens with zero attached hydrogens (tertiary/aromatic N) is 4. The van der Waals surface area contributed by atoms with E-state index in [-0.39, 0.29) is 5.41 Å². The van der Waals surface area contributed by atoms with Crippen LogP contribution in [0.3, 0.4) is 0 Å². The molecule has 0 unspecified atom stereocenters. The molecule has 0 amide bonds. The number of hydrogen-bond donors (Lipinski definition) is 1. The second-order valence-electron chi connectivity index (χ2n) is 7.95. The van der Waals surface area contributed by atoms with Gasteiger partial charge in [0.15, 0.2) is 5.96 Å². The number of anilines is 1. The van der Waals surface area contributed by atoms with Crippen molar-refractivity contribution in [3.63, 3.8) is 0 Å². The predicted octanol–water partition coefficient (Wildman–Crippen LogP) is 1.98. The van der Waals surface area contributed by atoms with Crippen LogP contribution in [0.15, 0.2) is 29.3 Å². The van der Waals surface area contributed by atoms with Crippen molar-refractivity contribution in [3.05, 3.63) is 24.3 Å². The van der Waals surface area contributed by atoms with E-state index >= 15 is 0 Å². The molecule has 1 aromatic rings. The number of hydrogen-bond acceptors (Lipinski definition) is 4. The zero-order chi connectivity index (χ0) is 19.2. The molecule has 1 fully saturated rings. The zero-order valence-corrected chi connectivity index (χ0v) is 17.2. The quantitative estimate of drug-likeness (QED) is 0.620. The lowest BCUT2D eigenvalue weighted by molar-refractivity contribution is 0.238. The minimum absolute atomic E-state index is 0.193. The van der Waals surface area contributed by atoms with E-state index < -0.39 is 0 Å². The van der Waals surface area contributed by atoms with Crippen LogP contribution in [-0.2, 0) is 0 Å². The molecule has 0 bridgehead atoms. The van der Waals surface area contributed by atoms with Gasteiger partial charge in [0.1, 0.15) is 5.75 Å². The van der Waals surface area contributed by atoms with Gasteiger partial charge in [-0.05, 0) is 31.6 Å². The number of piperazine rings is 1. The molecule has 1 saturated heterocycles. The predicted molar refractivity (Wildman–Crippen MR) is 110 cm³/mol. The Balaban J connectivity index is 1.91. The molecular formula is C20H35N5O. The molecule has 0 aliphatic carbocycles. The molecule has 0 spiro atoms. The molecule has 0 saturated carbocycles. The lowest BCUT2D eigenvalue weighted by atomic mass is 9.93. The normalized spacial score (nSPS) is 16.2. The van der Waals surface area contributed by atoms with Crippen LogP contribution in [0.25, 0.3) is 0 Å². The summed E-state index contributed by atoms with van der Waals surface area (Å²) in [6.07, 6.45) is 0. The molecule has 1 aliphatic heterocycles. The van der Waals surface area contributed by atoms with Crippen LogP contribution in [0, 0.1) is 5.41 Å². The van der Waals surface area contributed by atoms with Gasteiger partial charge in [0, 0.05) is 46.3 Å². The van der Waals surface area contributed by atoms with Crippen LogP contribution < -0.4 is 15.0 Å². The highest BCUT2D eigenvalue weighted by Crippen LogP contribution is 2.28. The van der Waals surface area contributed by atoms with Gasteiger partial charge in [-0.25, -0.2) is 0 Å². The van der Waals surface area contributed by atoms with Gasteiger partial charge in [0.2, 0.25) is 0 Å². The molecular weight excluding hydrogens is 326 g/mol. The maximum Gasteiger partial charge on any atom is 0.193 e. The summed E-state index contributed by atoms with van der Waals surface area (Å²) >= 11 is 0. The largest absolute Gasteiger partial charge is 0.495 e. The smallest absolute Gasteiger partial charge is 0.193 e. The Hall–Kier alpha value is -1.95. The number of aliphatic imine (C=N–C) groups is 1. The average molecular weight is 362 g/mol. The number of para-hydroxylation sites is 2. The number of methoxy groups -OCH3 is 1. The van der Waals surface area contributed by atoms with Gasteiger partial charge in [0.05, 0.1) is 12.8 Å². The molecule has 0 aromatic heterocycles. The van der Waals surface area contributed by atoms with E-state index in [9.17, 15) is 0 Å². The Kier molecular flexibility index (Phi) is 7.14. The molecule has 1 N–H and O–H groups in total. The topological polar surface area (TPSA) is 43.3 Å². The van der Waals surface area contributed by atoms with E-state index in [4.69, 9.17) is 4.74 Å². The van der Waals surface area contributed by atoms with E-state index in [0.717, 1.165) is 51.0 Å². The first-order valence-electron chi connectivity index (χ1n) is 9.34. The van der Waals surface area contributed by atoms with E-state index in [0.29, 0.717) is 0 Å². The molecule has 1 heterocycles. The van der Waals surface area contributed by atoms with Crippen molar-refractivity contribution in [2.75, 3.05) is 72.4 Å². The monoisotopic (exact) mass is 361 g/mol. The number of nitrogens with one attached hydrogen (secondary N) is 1. The first kappa shape index (κ1) is 20.4. The summed E-state index contributed by atoms with van der Waals surface area (Å²) in [6, 6.07) is 8.23. The van der Waals surface area contributed by atoms with Crippen molar-refractivity contribution in [1.82, 2.24) is 15.1 Å². The highest BCUT2D eigenvalue weighted by Gasteiger charge is 2.24. The van der Waals surface area contributed by atoms with Gasteiger partial charge in [-0.3, -0.25) is 4.99 Å². The van der Waals surface area contributed by atoms with Crippen molar-refractivity contribution in [1.29, 1.82) is 0 Å². The number of benzene rings is 1. The third kappa shape index (κ3) is 5.53. The van der Waals surface area contributed by atoms with Crippen LogP contribution in [0.5, 0.6) is 5.75 Å². The van der Waals surface area contributed by atoms with Crippen LogP contribution in [-0.4, -0.2) is 83.3 Å². The molecule has 6 heteroatoms. The van der Waals surface area contributed by atoms with Crippen molar-refractivity contribution in [2.45, 2.75) is 13.8 Å². The molecule has 26 heavy (non-hydrogen) atoms. The van der Waals surface area contributed by atoms with Gasteiger partial charge in [-0.2, -0.15) is 0 Å². The van der Waals surface area contributed by atoms with Crippen LogP contribution >= 0.6 is 0 Å². The van der Waals surface area contributed by atoms with E-state index in [2.05, 4.69) is 65.1 Å². The van der Waals surface area contributed by atoms with Crippen LogP contribution in [0.1, 0.15) is 13.8 Å². The van der Waals surface area contributed by atoms with Crippen LogP contribution in [0.2, 0.25) is 0 Å². The first-order chi connectivity index (χ1) is 12.4. The molecule has 0 radical (unpaired) electrons. The summed E-state index contributed by atoms with van der Waals surface area (Å²) in [5, 5.41) is 3.57. The summed E-state index contributed by atoms with van der Waals surface area (Å²) in [5.41, 5.74) is 1.36. The van der Waals surface area contributed by atoms with Crippen molar-refractivity contribution in [2.24, 2.45) is 10.4 Å². The first-order valence-corrected chi connectivity index (χ1v) is 9.34. The number of guanidine groups is 1. The highest BCUT2D eigenvalue weighted by molar-refractivity contribution is 5.80. The van der Waals surface area contributed by atoms with Crippen molar-refractivity contribution in [3.8, 4) is 5.75 Å². The van der Waals surface area contributed by atoms with Gasteiger partial charge in [-0.1, -0.05) is 26.0 Å². The number of rotatable bonds is 6.